The minimum absolute atomic E-state index is 0.00805. The first-order chi connectivity index (χ1) is 15.3. The van der Waals surface area contributed by atoms with Crippen molar-refractivity contribution in [3.63, 3.8) is 0 Å². The number of thiocarbonyl (C=S) groups is 1. The van der Waals surface area contributed by atoms with Gasteiger partial charge in [-0.2, -0.15) is 13.2 Å². The highest BCUT2D eigenvalue weighted by Crippen LogP contribution is 2.31. The molecule has 1 amide bonds. The second kappa shape index (κ2) is 9.80. The van der Waals surface area contributed by atoms with Crippen molar-refractivity contribution in [1.82, 2.24) is 10.6 Å². The van der Waals surface area contributed by atoms with E-state index in [0.29, 0.717) is 17.8 Å². The Balaban J connectivity index is 1.26. The van der Waals surface area contributed by atoms with Gasteiger partial charge in [-0.05, 0) is 43.3 Å². The van der Waals surface area contributed by atoms with Crippen molar-refractivity contribution in [2.45, 2.75) is 68.7 Å². The molecule has 0 radical (unpaired) electrons. The van der Waals surface area contributed by atoms with Crippen LogP contribution in [-0.2, 0) is 20.4 Å². The van der Waals surface area contributed by atoms with Crippen molar-refractivity contribution in [2.75, 3.05) is 18.5 Å². The molecule has 0 spiro atoms. The summed E-state index contributed by atoms with van der Waals surface area (Å²) >= 11 is 5.43. The molecule has 4 unspecified atom stereocenters. The van der Waals surface area contributed by atoms with Gasteiger partial charge in [0.05, 0.1) is 24.8 Å². The highest BCUT2D eigenvalue weighted by Gasteiger charge is 2.49. The molecule has 11 heteroatoms. The molecule has 176 valence electrons. The number of halogens is 3. The van der Waals surface area contributed by atoms with Crippen LogP contribution in [0.15, 0.2) is 24.3 Å². The Kier molecular flexibility index (Phi) is 7.06. The molecule has 1 aromatic rings. The van der Waals surface area contributed by atoms with Crippen LogP contribution in [0.2, 0.25) is 0 Å². The number of hydrogen-bond donors (Lipinski definition) is 3. The molecule has 4 atom stereocenters. The number of carbonyl (C=O) groups excluding carboxylic acids is 1. The van der Waals surface area contributed by atoms with Crippen molar-refractivity contribution >= 4 is 29.1 Å². The molecule has 3 N–H and O–H groups in total. The number of alkyl halides is 3. The van der Waals surface area contributed by atoms with Gasteiger partial charge in [0.15, 0.2) is 11.2 Å². The maximum Gasteiger partial charge on any atom is 0.416 e. The fraction of sp³-hybridized carbons (Fsp3) is 0.619. The van der Waals surface area contributed by atoms with Gasteiger partial charge in [0, 0.05) is 11.7 Å². The molecule has 0 aromatic heterocycles. The SMILES string of the molecule is O=C(Nc1cccc(C(F)(F)F)c1)OC1COC2C(NC(=S)NC3CCCCC3)COC12. The number of hydrogen-bond acceptors (Lipinski definition) is 5. The lowest BCUT2D eigenvalue weighted by Crippen LogP contribution is -2.50. The van der Waals surface area contributed by atoms with Gasteiger partial charge in [-0.15, -0.1) is 0 Å². The number of carbonyl (C=O) groups is 1. The summed E-state index contributed by atoms with van der Waals surface area (Å²) in [5.41, 5.74) is -0.864. The Morgan fingerprint density at radius 1 is 1.06 bits per heavy atom. The fourth-order valence-corrected chi connectivity index (χ4v) is 4.71. The summed E-state index contributed by atoms with van der Waals surface area (Å²) in [6.07, 6.45) is -1.000. The number of fused-ring (bicyclic) bond motifs is 1. The molecule has 4 rings (SSSR count). The van der Waals surface area contributed by atoms with Gasteiger partial charge >= 0.3 is 12.3 Å². The van der Waals surface area contributed by atoms with E-state index in [4.69, 9.17) is 26.4 Å². The quantitative estimate of drug-likeness (QED) is 0.577. The number of rotatable bonds is 4. The van der Waals surface area contributed by atoms with Crippen LogP contribution < -0.4 is 16.0 Å². The average molecular weight is 474 g/mol. The topological polar surface area (TPSA) is 80.9 Å². The van der Waals surface area contributed by atoms with E-state index in [9.17, 15) is 18.0 Å². The van der Waals surface area contributed by atoms with E-state index in [0.717, 1.165) is 25.0 Å². The van der Waals surface area contributed by atoms with Crippen LogP contribution in [0.1, 0.15) is 37.7 Å². The third-order valence-corrected chi connectivity index (χ3v) is 6.20. The molecule has 3 aliphatic rings. The summed E-state index contributed by atoms with van der Waals surface area (Å²) in [6.45, 7) is 0.475. The van der Waals surface area contributed by atoms with Gasteiger partial charge in [-0.1, -0.05) is 25.3 Å². The maximum absolute atomic E-state index is 12.8. The number of benzene rings is 1. The summed E-state index contributed by atoms with van der Waals surface area (Å²) in [6, 6.07) is 4.55. The smallest absolute Gasteiger partial charge is 0.416 e. The van der Waals surface area contributed by atoms with E-state index < -0.39 is 30.0 Å². The minimum Gasteiger partial charge on any atom is -0.441 e. The van der Waals surface area contributed by atoms with Crippen LogP contribution >= 0.6 is 12.2 Å². The lowest BCUT2D eigenvalue weighted by Gasteiger charge is -2.26. The summed E-state index contributed by atoms with van der Waals surface area (Å²) in [4.78, 5) is 12.2. The molecule has 2 saturated heterocycles. The van der Waals surface area contributed by atoms with Crippen molar-refractivity contribution in [2.24, 2.45) is 0 Å². The Hall–Kier alpha value is -2.11. The van der Waals surface area contributed by atoms with Gasteiger partial charge in [-0.3, -0.25) is 5.32 Å². The van der Waals surface area contributed by atoms with Crippen LogP contribution in [0.5, 0.6) is 0 Å². The van der Waals surface area contributed by atoms with E-state index in [1.54, 1.807) is 0 Å². The van der Waals surface area contributed by atoms with Crippen LogP contribution in [0.3, 0.4) is 0 Å². The largest absolute Gasteiger partial charge is 0.441 e. The van der Waals surface area contributed by atoms with Crippen LogP contribution in [0.25, 0.3) is 0 Å². The van der Waals surface area contributed by atoms with Crippen molar-refractivity contribution < 1.29 is 32.2 Å². The zero-order valence-corrected chi connectivity index (χ0v) is 18.1. The minimum atomic E-state index is -4.50. The zero-order chi connectivity index (χ0) is 22.7. The molecule has 1 aromatic carbocycles. The third-order valence-electron chi connectivity index (χ3n) is 5.96. The van der Waals surface area contributed by atoms with E-state index in [2.05, 4.69) is 16.0 Å². The first-order valence-corrected chi connectivity index (χ1v) is 11.2. The third kappa shape index (κ3) is 5.62. The molecule has 1 saturated carbocycles. The Labute approximate surface area is 189 Å². The van der Waals surface area contributed by atoms with Crippen LogP contribution in [0.4, 0.5) is 23.7 Å². The summed E-state index contributed by atoms with van der Waals surface area (Å²) in [5.74, 6) is 0. The number of amides is 1. The average Bonchev–Trinajstić information content (AvgIpc) is 3.32. The summed E-state index contributed by atoms with van der Waals surface area (Å²) in [7, 11) is 0. The van der Waals surface area contributed by atoms with Gasteiger partial charge in [0.1, 0.15) is 12.2 Å². The Morgan fingerprint density at radius 2 is 1.81 bits per heavy atom. The van der Waals surface area contributed by atoms with Crippen molar-refractivity contribution in [1.29, 1.82) is 0 Å². The lowest BCUT2D eigenvalue weighted by atomic mass is 9.96. The predicted molar refractivity (Wildman–Crippen MR) is 114 cm³/mol. The molecule has 2 heterocycles. The normalized spacial score (nSPS) is 28.1. The van der Waals surface area contributed by atoms with Gasteiger partial charge in [-0.25, -0.2) is 4.79 Å². The zero-order valence-electron chi connectivity index (χ0n) is 17.3. The number of anilines is 1. The molecule has 32 heavy (non-hydrogen) atoms. The first kappa shape index (κ1) is 23.1. The number of nitrogens with one attached hydrogen (secondary N) is 3. The second-order valence-corrected chi connectivity index (χ2v) is 8.71. The Bertz CT molecular complexity index is 835. The Morgan fingerprint density at radius 3 is 2.56 bits per heavy atom. The molecular weight excluding hydrogens is 447 g/mol. The monoisotopic (exact) mass is 473 g/mol. The lowest BCUT2D eigenvalue weighted by molar-refractivity contribution is -0.137. The van der Waals surface area contributed by atoms with Crippen LogP contribution in [-0.4, -0.2) is 54.8 Å². The first-order valence-electron chi connectivity index (χ1n) is 10.7. The standard InChI is InChI=1S/C21H26F3N3O4S/c22-21(23,24)12-5-4-8-14(9-12)26-20(28)31-16-11-30-17-15(10-29-18(16)17)27-19(32)25-13-6-2-1-3-7-13/h4-5,8-9,13,15-18H,1-3,6-7,10-11H2,(H,26,28)(H2,25,27,32). The van der Waals surface area contributed by atoms with E-state index in [1.165, 1.54) is 31.4 Å². The molecule has 0 bridgehead atoms. The molecule has 7 nitrogen and oxygen atoms in total. The van der Waals surface area contributed by atoms with Gasteiger partial charge in [0.25, 0.3) is 0 Å². The van der Waals surface area contributed by atoms with Crippen molar-refractivity contribution in [3.8, 4) is 0 Å². The van der Waals surface area contributed by atoms with Crippen molar-refractivity contribution in [3.05, 3.63) is 29.8 Å². The molecule has 2 aliphatic heterocycles. The highest BCUT2D eigenvalue weighted by molar-refractivity contribution is 7.80. The molecular formula is C21H26F3N3O4S. The van der Waals surface area contributed by atoms with Crippen LogP contribution in [0, 0.1) is 0 Å². The van der Waals surface area contributed by atoms with Gasteiger partial charge in [0.2, 0.25) is 0 Å². The maximum atomic E-state index is 12.8. The van der Waals surface area contributed by atoms with Gasteiger partial charge < -0.3 is 24.8 Å². The molecule has 1 aliphatic carbocycles. The van der Waals surface area contributed by atoms with E-state index in [-0.39, 0.29) is 24.4 Å². The van der Waals surface area contributed by atoms with E-state index >= 15 is 0 Å². The second-order valence-electron chi connectivity index (χ2n) is 8.30. The fourth-order valence-electron chi connectivity index (χ4n) is 4.39. The summed E-state index contributed by atoms with van der Waals surface area (Å²) < 4.78 is 55.5. The molecule has 3 fully saturated rings. The summed E-state index contributed by atoms with van der Waals surface area (Å²) in [5, 5.41) is 9.47. The van der Waals surface area contributed by atoms with E-state index in [1.807, 2.05) is 0 Å². The predicted octanol–water partition coefficient (Wildman–Crippen LogP) is 3.59. The number of ether oxygens (including phenoxy) is 3. The highest BCUT2D eigenvalue weighted by atomic mass is 32.1.